The number of benzene rings is 1. The summed E-state index contributed by atoms with van der Waals surface area (Å²) in [4.78, 5) is 2.66. The average molecular weight is 278 g/mol. The third kappa shape index (κ3) is 4.06. The lowest BCUT2D eigenvalue weighted by Gasteiger charge is -2.39. The Hall–Kier alpha value is -0.843. The molecule has 2 rings (SSSR count). The van der Waals surface area contributed by atoms with Crippen LogP contribution in [0.5, 0.6) is 5.75 Å². The molecule has 0 bridgehead atoms. The minimum absolute atomic E-state index is 0.506. The van der Waals surface area contributed by atoms with Gasteiger partial charge in [0, 0.05) is 25.7 Å². The van der Waals surface area contributed by atoms with Gasteiger partial charge in [0.25, 0.3) is 0 Å². The molecule has 106 valence electrons. The van der Waals surface area contributed by atoms with E-state index in [1.165, 1.54) is 11.7 Å². The maximum atomic E-state index is 5.24. The van der Waals surface area contributed by atoms with E-state index in [1.807, 2.05) is 0 Å². The van der Waals surface area contributed by atoms with Crippen molar-refractivity contribution in [2.75, 3.05) is 32.9 Å². The van der Waals surface area contributed by atoms with Crippen LogP contribution < -0.4 is 10.1 Å². The summed E-state index contributed by atoms with van der Waals surface area (Å²) >= 11 is 0. The molecule has 0 aliphatic carbocycles. The average Bonchev–Trinajstić information content (AvgIpc) is 2.38. The van der Waals surface area contributed by atoms with Gasteiger partial charge in [0.1, 0.15) is 5.75 Å². The highest BCUT2D eigenvalue weighted by molar-refractivity contribution is 6.76. The van der Waals surface area contributed by atoms with Gasteiger partial charge in [-0.1, -0.05) is 31.8 Å². The summed E-state index contributed by atoms with van der Waals surface area (Å²) in [6, 6.07) is 9.04. The molecule has 3 nitrogen and oxygen atoms in total. The molecule has 1 aromatic rings. The van der Waals surface area contributed by atoms with Crippen LogP contribution in [0, 0.1) is 0 Å². The fourth-order valence-corrected chi connectivity index (χ4v) is 4.30. The van der Waals surface area contributed by atoms with Crippen LogP contribution in [0.25, 0.3) is 0 Å². The lowest BCUT2D eigenvalue weighted by atomic mass is 10.0. The van der Waals surface area contributed by atoms with Gasteiger partial charge in [-0.25, -0.2) is 0 Å². The third-order valence-electron chi connectivity index (χ3n) is 3.53. The summed E-state index contributed by atoms with van der Waals surface area (Å²) in [5.41, 5.74) is 1.39. The standard InChI is InChI=1S/C15H26N2OSi/c1-18-14-7-5-13(6-8-14)15-11-16-9-10-17(15)12-19(2,3)4/h5-8,15-16H,9-12H2,1-4H3. The number of nitrogens with one attached hydrogen (secondary N) is 1. The van der Waals surface area contributed by atoms with Crippen molar-refractivity contribution in [1.29, 1.82) is 0 Å². The summed E-state index contributed by atoms with van der Waals surface area (Å²) in [7, 11) is 0.653. The van der Waals surface area contributed by atoms with Crippen molar-refractivity contribution in [3.8, 4) is 5.75 Å². The minimum atomic E-state index is -1.06. The van der Waals surface area contributed by atoms with Crippen LogP contribution >= 0.6 is 0 Å². The Balaban J connectivity index is 2.13. The van der Waals surface area contributed by atoms with Gasteiger partial charge >= 0.3 is 0 Å². The highest BCUT2D eigenvalue weighted by Crippen LogP contribution is 2.25. The van der Waals surface area contributed by atoms with Crippen LogP contribution in [0.3, 0.4) is 0 Å². The van der Waals surface area contributed by atoms with E-state index in [4.69, 9.17) is 4.74 Å². The summed E-state index contributed by atoms with van der Waals surface area (Å²) < 4.78 is 5.24. The van der Waals surface area contributed by atoms with Crippen molar-refractivity contribution in [2.24, 2.45) is 0 Å². The molecule has 19 heavy (non-hydrogen) atoms. The lowest BCUT2D eigenvalue weighted by Crippen LogP contribution is -2.51. The smallest absolute Gasteiger partial charge is 0.118 e. The summed E-state index contributed by atoms with van der Waals surface area (Å²) in [6.07, 6.45) is 1.27. The third-order valence-corrected chi connectivity index (χ3v) is 4.89. The van der Waals surface area contributed by atoms with Crippen LogP contribution in [0.1, 0.15) is 11.6 Å². The van der Waals surface area contributed by atoms with Gasteiger partial charge in [0.05, 0.1) is 15.2 Å². The number of hydrogen-bond acceptors (Lipinski definition) is 3. The molecular formula is C15H26N2OSi. The van der Waals surface area contributed by atoms with Crippen molar-refractivity contribution >= 4 is 8.07 Å². The van der Waals surface area contributed by atoms with Crippen LogP contribution in [0.15, 0.2) is 24.3 Å². The van der Waals surface area contributed by atoms with Crippen molar-refractivity contribution < 1.29 is 4.74 Å². The molecule has 1 N–H and O–H groups in total. The molecule has 1 saturated heterocycles. The maximum absolute atomic E-state index is 5.24. The van der Waals surface area contributed by atoms with Gasteiger partial charge in [0.2, 0.25) is 0 Å². The Kier molecular flexibility index (Phi) is 4.65. The second kappa shape index (κ2) is 6.07. The fraction of sp³-hybridized carbons (Fsp3) is 0.600. The monoisotopic (exact) mass is 278 g/mol. The SMILES string of the molecule is COc1ccc(C2CNCCN2C[Si](C)(C)C)cc1. The Morgan fingerprint density at radius 3 is 2.53 bits per heavy atom. The molecule has 1 aromatic carbocycles. The zero-order valence-corrected chi connectivity index (χ0v) is 13.6. The molecule has 1 atom stereocenters. The van der Waals surface area contributed by atoms with Crippen LogP contribution in [-0.4, -0.2) is 45.9 Å². The molecule has 1 heterocycles. The van der Waals surface area contributed by atoms with Crippen LogP contribution in [0.4, 0.5) is 0 Å². The van der Waals surface area contributed by atoms with E-state index < -0.39 is 8.07 Å². The second-order valence-corrected chi connectivity index (χ2v) is 12.0. The summed E-state index contributed by atoms with van der Waals surface area (Å²) in [6.45, 7) is 10.6. The first-order valence-electron chi connectivity index (χ1n) is 7.08. The summed E-state index contributed by atoms with van der Waals surface area (Å²) in [5.74, 6) is 0.935. The molecule has 0 saturated carbocycles. The first-order valence-corrected chi connectivity index (χ1v) is 10.8. The van der Waals surface area contributed by atoms with Crippen molar-refractivity contribution in [3.05, 3.63) is 29.8 Å². The number of methoxy groups -OCH3 is 1. The predicted octanol–water partition coefficient (Wildman–Crippen LogP) is 2.52. The normalized spacial score (nSPS) is 21.4. The van der Waals surface area contributed by atoms with Gasteiger partial charge in [0.15, 0.2) is 0 Å². The first kappa shape index (κ1) is 14.6. The minimum Gasteiger partial charge on any atom is -0.497 e. The van der Waals surface area contributed by atoms with Crippen molar-refractivity contribution in [3.63, 3.8) is 0 Å². The maximum Gasteiger partial charge on any atom is 0.118 e. The van der Waals surface area contributed by atoms with E-state index in [0.717, 1.165) is 25.4 Å². The molecular weight excluding hydrogens is 252 g/mol. The molecule has 0 spiro atoms. The quantitative estimate of drug-likeness (QED) is 0.857. The Morgan fingerprint density at radius 1 is 1.26 bits per heavy atom. The molecule has 0 radical (unpaired) electrons. The van der Waals surface area contributed by atoms with Gasteiger partial charge in [-0.2, -0.15) is 0 Å². The fourth-order valence-electron chi connectivity index (χ4n) is 2.70. The Bertz CT molecular complexity index is 400. The Labute approximate surface area is 118 Å². The Morgan fingerprint density at radius 2 is 1.95 bits per heavy atom. The summed E-state index contributed by atoms with van der Waals surface area (Å²) in [5, 5.41) is 3.52. The van der Waals surface area contributed by atoms with Crippen molar-refractivity contribution in [2.45, 2.75) is 25.7 Å². The van der Waals surface area contributed by atoms with Gasteiger partial charge < -0.3 is 10.1 Å². The molecule has 4 heteroatoms. The number of nitrogens with zero attached hydrogens (tertiary/aromatic N) is 1. The molecule has 0 aromatic heterocycles. The molecule has 1 unspecified atom stereocenters. The zero-order chi connectivity index (χ0) is 13.9. The molecule has 1 aliphatic rings. The van der Waals surface area contributed by atoms with Gasteiger partial charge in [-0.3, -0.25) is 4.90 Å². The number of piperazine rings is 1. The predicted molar refractivity (Wildman–Crippen MR) is 83.5 cm³/mol. The van der Waals surface area contributed by atoms with E-state index in [-0.39, 0.29) is 0 Å². The van der Waals surface area contributed by atoms with E-state index >= 15 is 0 Å². The van der Waals surface area contributed by atoms with Crippen LogP contribution in [-0.2, 0) is 0 Å². The van der Waals surface area contributed by atoms with Crippen molar-refractivity contribution in [1.82, 2.24) is 10.2 Å². The number of ether oxygens (including phenoxy) is 1. The van der Waals surface area contributed by atoms with Gasteiger partial charge in [-0.15, -0.1) is 0 Å². The second-order valence-electron chi connectivity index (χ2n) is 6.52. The highest BCUT2D eigenvalue weighted by atomic mass is 28.3. The van der Waals surface area contributed by atoms with E-state index in [1.54, 1.807) is 7.11 Å². The zero-order valence-electron chi connectivity index (χ0n) is 12.6. The number of hydrogen-bond donors (Lipinski definition) is 1. The molecule has 1 aliphatic heterocycles. The largest absolute Gasteiger partial charge is 0.497 e. The first-order chi connectivity index (χ1) is 8.99. The molecule has 0 amide bonds. The highest BCUT2D eigenvalue weighted by Gasteiger charge is 2.27. The topological polar surface area (TPSA) is 24.5 Å². The molecule has 1 fully saturated rings. The van der Waals surface area contributed by atoms with Gasteiger partial charge in [-0.05, 0) is 23.9 Å². The van der Waals surface area contributed by atoms with E-state index in [0.29, 0.717) is 6.04 Å². The lowest BCUT2D eigenvalue weighted by molar-refractivity contribution is 0.187. The van der Waals surface area contributed by atoms with E-state index in [9.17, 15) is 0 Å². The number of rotatable bonds is 4. The van der Waals surface area contributed by atoms with Crippen LogP contribution in [0.2, 0.25) is 19.6 Å². The van der Waals surface area contributed by atoms with E-state index in [2.05, 4.69) is 54.1 Å².